The first-order chi connectivity index (χ1) is 7.11. The molecule has 0 saturated carbocycles. The zero-order chi connectivity index (χ0) is 11.0. The summed E-state index contributed by atoms with van der Waals surface area (Å²) in [5.41, 5.74) is 5.37. The van der Waals surface area contributed by atoms with E-state index in [4.69, 9.17) is 0 Å². The van der Waals surface area contributed by atoms with Crippen LogP contribution >= 0.6 is 0 Å². The van der Waals surface area contributed by atoms with Crippen LogP contribution in [0, 0.1) is 6.92 Å². The molecule has 0 fully saturated rings. The van der Waals surface area contributed by atoms with Crippen molar-refractivity contribution in [2.45, 2.75) is 39.7 Å². The van der Waals surface area contributed by atoms with Crippen LogP contribution in [0.5, 0.6) is 0 Å². The minimum atomic E-state index is 0.580. The normalized spacial score (nSPS) is 19.9. The second kappa shape index (κ2) is 3.73. The molecular weight excluding hydrogens is 182 g/mol. The quantitative estimate of drug-likeness (QED) is 0.670. The average Bonchev–Trinajstić information content (AvgIpc) is 2.18. The van der Waals surface area contributed by atoms with Gasteiger partial charge in [-0.05, 0) is 44.7 Å². The second-order valence-electron chi connectivity index (χ2n) is 4.58. The van der Waals surface area contributed by atoms with Crippen molar-refractivity contribution in [2.75, 3.05) is 4.90 Å². The summed E-state index contributed by atoms with van der Waals surface area (Å²) in [5, 5.41) is 0. The summed E-state index contributed by atoms with van der Waals surface area (Å²) in [5.74, 6) is 0. The maximum absolute atomic E-state index is 4.10. The zero-order valence-corrected chi connectivity index (χ0v) is 9.88. The van der Waals surface area contributed by atoms with E-state index in [1.165, 1.54) is 29.7 Å². The van der Waals surface area contributed by atoms with Crippen LogP contribution in [0.2, 0.25) is 0 Å². The first-order valence-corrected chi connectivity index (χ1v) is 5.64. The standard InChI is InChI=1S/C14H19N/c1-10(2)15-12(4)8-9-13-7-5-6-11(3)14(13)15/h5-7,12H,1,8-9H2,2-4H3. The van der Waals surface area contributed by atoms with Crippen molar-refractivity contribution in [3.05, 3.63) is 41.6 Å². The molecule has 1 aliphatic heterocycles. The summed E-state index contributed by atoms with van der Waals surface area (Å²) in [4.78, 5) is 2.38. The summed E-state index contributed by atoms with van der Waals surface area (Å²) >= 11 is 0. The predicted molar refractivity (Wildman–Crippen MR) is 66.3 cm³/mol. The Balaban J connectivity index is 2.55. The van der Waals surface area contributed by atoms with Crippen LogP contribution in [0.25, 0.3) is 0 Å². The number of benzene rings is 1. The van der Waals surface area contributed by atoms with Crippen molar-refractivity contribution >= 4 is 5.69 Å². The minimum Gasteiger partial charge on any atom is -0.343 e. The number of hydrogen-bond acceptors (Lipinski definition) is 1. The van der Waals surface area contributed by atoms with Gasteiger partial charge in [0.25, 0.3) is 0 Å². The molecule has 1 aliphatic rings. The smallest absolute Gasteiger partial charge is 0.0472 e. The Labute approximate surface area is 92.4 Å². The maximum atomic E-state index is 4.10. The lowest BCUT2D eigenvalue weighted by atomic mass is 9.93. The van der Waals surface area contributed by atoms with E-state index in [1.807, 2.05) is 0 Å². The van der Waals surface area contributed by atoms with Crippen molar-refractivity contribution in [1.82, 2.24) is 0 Å². The SMILES string of the molecule is C=C(C)N1c2c(C)cccc2CCC1C. The highest BCUT2D eigenvalue weighted by atomic mass is 15.2. The third-order valence-corrected chi connectivity index (χ3v) is 3.25. The third-order valence-electron chi connectivity index (χ3n) is 3.25. The molecule has 0 bridgehead atoms. The van der Waals surface area contributed by atoms with Crippen LogP contribution in [-0.4, -0.2) is 6.04 Å². The average molecular weight is 201 g/mol. The topological polar surface area (TPSA) is 3.24 Å². The van der Waals surface area contributed by atoms with Gasteiger partial charge in [0, 0.05) is 17.4 Å². The second-order valence-corrected chi connectivity index (χ2v) is 4.58. The molecule has 0 amide bonds. The number of para-hydroxylation sites is 1. The number of aryl methyl sites for hydroxylation is 2. The van der Waals surface area contributed by atoms with E-state index in [0.29, 0.717) is 6.04 Å². The molecule has 0 spiro atoms. The van der Waals surface area contributed by atoms with E-state index in [9.17, 15) is 0 Å². The van der Waals surface area contributed by atoms with E-state index in [2.05, 4.69) is 50.4 Å². The van der Waals surface area contributed by atoms with Gasteiger partial charge in [-0.15, -0.1) is 0 Å². The monoisotopic (exact) mass is 201 g/mol. The van der Waals surface area contributed by atoms with E-state index >= 15 is 0 Å². The van der Waals surface area contributed by atoms with Crippen LogP contribution in [-0.2, 0) is 6.42 Å². The number of hydrogen-bond donors (Lipinski definition) is 0. The molecule has 1 nitrogen and oxygen atoms in total. The number of allylic oxidation sites excluding steroid dienone is 1. The molecule has 1 unspecified atom stereocenters. The summed E-state index contributed by atoms with van der Waals surface area (Å²) in [7, 11) is 0. The zero-order valence-electron chi connectivity index (χ0n) is 9.88. The molecule has 2 rings (SSSR count). The van der Waals surface area contributed by atoms with Crippen LogP contribution < -0.4 is 4.90 Å². The number of anilines is 1. The lowest BCUT2D eigenvalue weighted by Gasteiger charge is -2.38. The predicted octanol–water partition coefficient (Wildman–Crippen LogP) is 3.67. The molecule has 0 aliphatic carbocycles. The van der Waals surface area contributed by atoms with Gasteiger partial charge in [0.2, 0.25) is 0 Å². The van der Waals surface area contributed by atoms with Gasteiger partial charge in [-0.2, -0.15) is 0 Å². The molecule has 1 aromatic carbocycles. The highest BCUT2D eigenvalue weighted by Gasteiger charge is 2.24. The van der Waals surface area contributed by atoms with Gasteiger partial charge in [0.1, 0.15) is 0 Å². The van der Waals surface area contributed by atoms with Crippen LogP contribution in [0.4, 0.5) is 5.69 Å². The number of rotatable bonds is 1. The van der Waals surface area contributed by atoms with Gasteiger partial charge in [-0.1, -0.05) is 24.8 Å². The van der Waals surface area contributed by atoms with Gasteiger partial charge in [0.15, 0.2) is 0 Å². The van der Waals surface area contributed by atoms with E-state index in [1.54, 1.807) is 0 Å². The Hall–Kier alpha value is -1.24. The fraction of sp³-hybridized carbons (Fsp3) is 0.429. The lowest BCUT2D eigenvalue weighted by Crippen LogP contribution is -2.36. The highest BCUT2D eigenvalue weighted by Crippen LogP contribution is 2.35. The van der Waals surface area contributed by atoms with Crippen LogP contribution in [0.15, 0.2) is 30.5 Å². The number of fused-ring (bicyclic) bond motifs is 1. The van der Waals surface area contributed by atoms with Gasteiger partial charge >= 0.3 is 0 Å². The Kier molecular flexibility index (Phi) is 2.56. The molecule has 0 radical (unpaired) electrons. The number of nitrogens with zero attached hydrogens (tertiary/aromatic N) is 1. The van der Waals surface area contributed by atoms with Gasteiger partial charge in [-0.3, -0.25) is 0 Å². The van der Waals surface area contributed by atoms with Crippen molar-refractivity contribution in [3.8, 4) is 0 Å². The summed E-state index contributed by atoms with van der Waals surface area (Å²) in [6, 6.07) is 7.16. The minimum absolute atomic E-state index is 0.580. The van der Waals surface area contributed by atoms with Crippen molar-refractivity contribution in [2.24, 2.45) is 0 Å². The molecule has 1 aromatic rings. The fourth-order valence-electron chi connectivity index (χ4n) is 2.55. The van der Waals surface area contributed by atoms with E-state index in [-0.39, 0.29) is 0 Å². The van der Waals surface area contributed by atoms with Gasteiger partial charge in [-0.25, -0.2) is 0 Å². The Morgan fingerprint density at radius 2 is 2.20 bits per heavy atom. The van der Waals surface area contributed by atoms with E-state index in [0.717, 1.165) is 5.70 Å². The summed E-state index contributed by atoms with van der Waals surface area (Å²) < 4.78 is 0. The van der Waals surface area contributed by atoms with Crippen LogP contribution in [0.1, 0.15) is 31.4 Å². The Morgan fingerprint density at radius 1 is 1.47 bits per heavy atom. The Morgan fingerprint density at radius 3 is 2.87 bits per heavy atom. The van der Waals surface area contributed by atoms with Crippen molar-refractivity contribution in [1.29, 1.82) is 0 Å². The molecule has 1 heterocycles. The summed E-state index contributed by atoms with van der Waals surface area (Å²) in [6.07, 6.45) is 2.42. The third kappa shape index (κ3) is 1.67. The molecule has 0 N–H and O–H groups in total. The molecule has 15 heavy (non-hydrogen) atoms. The van der Waals surface area contributed by atoms with Crippen LogP contribution in [0.3, 0.4) is 0 Å². The molecular formula is C14H19N. The largest absolute Gasteiger partial charge is 0.343 e. The molecule has 0 aromatic heterocycles. The fourth-order valence-corrected chi connectivity index (χ4v) is 2.55. The van der Waals surface area contributed by atoms with Crippen molar-refractivity contribution in [3.63, 3.8) is 0 Å². The Bertz CT molecular complexity index is 392. The van der Waals surface area contributed by atoms with E-state index < -0.39 is 0 Å². The molecule has 1 atom stereocenters. The van der Waals surface area contributed by atoms with Gasteiger partial charge in [0.05, 0.1) is 0 Å². The first kappa shape index (κ1) is 10.3. The maximum Gasteiger partial charge on any atom is 0.0472 e. The molecule has 0 saturated heterocycles. The van der Waals surface area contributed by atoms with Crippen molar-refractivity contribution < 1.29 is 0 Å². The molecule has 1 heteroatoms. The first-order valence-electron chi connectivity index (χ1n) is 5.64. The lowest BCUT2D eigenvalue weighted by molar-refractivity contribution is 0.599. The summed E-state index contributed by atoms with van der Waals surface area (Å²) in [6.45, 7) is 10.7. The highest BCUT2D eigenvalue weighted by molar-refractivity contribution is 5.64. The molecule has 80 valence electrons. The van der Waals surface area contributed by atoms with Gasteiger partial charge < -0.3 is 4.90 Å².